The van der Waals surface area contributed by atoms with Gasteiger partial charge in [-0.2, -0.15) is 0 Å². The van der Waals surface area contributed by atoms with Crippen LogP contribution in [0.3, 0.4) is 0 Å². The topological polar surface area (TPSA) is 37.3 Å². The first-order valence-electron chi connectivity index (χ1n) is 13.7. The molecule has 1 N–H and O–H groups in total. The molecule has 32 heavy (non-hydrogen) atoms. The Morgan fingerprint density at radius 3 is 2.19 bits per heavy atom. The van der Waals surface area contributed by atoms with E-state index in [0.717, 1.165) is 31.1 Å². The third-order valence-electron chi connectivity index (χ3n) is 13.4. The van der Waals surface area contributed by atoms with Gasteiger partial charge in [-0.15, -0.1) is 0 Å². The Morgan fingerprint density at radius 1 is 0.812 bits per heavy atom. The maximum absolute atomic E-state index is 12.5. The molecule has 0 aromatic carbocycles. The lowest BCUT2D eigenvalue weighted by Crippen LogP contribution is -2.66. The van der Waals surface area contributed by atoms with Crippen molar-refractivity contribution < 1.29 is 9.90 Å². The average molecular weight is 441 g/mol. The zero-order valence-electron chi connectivity index (χ0n) is 21.7. The van der Waals surface area contributed by atoms with Crippen LogP contribution in [-0.2, 0) is 4.79 Å². The first-order valence-corrected chi connectivity index (χ1v) is 13.7. The third kappa shape index (κ3) is 2.62. The van der Waals surface area contributed by atoms with Crippen molar-refractivity contribution in [2.75, 3.05) is 0 Å². The van der Waals surface area contributed by atoms with Crippen LogP contribution in [0.15, 0.2) is 12.2 Å². The average Bonchev–Trinajstić information content (AvgIpc) is 3.06. The Morgan fingerprint density at radius 2 is 1.53 bits per heavy atom. The van der Waals surface area contributed by atoms with Crippen LogP contribution in [0.25, 0.3) is 0 Å². The largest absolute Gasteiger partial charge is 0.481 e. The molecule has 0 aromatic heterocycles. The quantitative estimate of drug-likeness (QED) is 0.440. The molecule has 2 nitrogen and oxygen atoms in total. The molecule has 0 aliphatic heterocycles. The Balaban J connectivity index is 1.55. The molecule has 0 radical (unpaired) electrons. The van der Waals surface area contributed by atoms with Crippen molar-refractivity contribution >= 4 is 5.97 Å². The second kappa shape index (κ2) is 6.88. The second-order valence-corrected chi connectivity index (χ2v) is 14.4. The van der Waals surface area contributed by atoms with E-state index in [1.807, 2.05) is 0 Å². The van der Waals surface area contributed by atoms with Gasteiger partial charge in [0.2, 0.25) is 0 Å². The first kappa shape index (κ1) is 23.0. The van der Waals surface area contributed by atoms with E-state index in [1.165, 1.54) is 56.9 Å². The van der Waals surface area contributed by atoms with Crippen LogP contribution in [0.2, 0.25) is 0 Å². The highest BCUT2D eigenvalue weighted by Crippen LogP contribution is 2.77. The summed E-state index contributed by atoms with van der Waals surface area (Å²) in [5.41, 5.74) is 2.29. The van der Waals surface area contributed by atoms with E-state index in [4.69, 9.17) is 0 Å². The molecule has 0 heterocycles. The van der Waals surface area contributed by atoms with Gasteiger partial charge in [-0.05, 0) is 129 Å². The summed E-state index contributed by atoms with van der Waals surface area (Å²) < 4.78 is 0. The van der Waals surface area contributed by atoms with Crippen molar-refractivity contribution in [3.63, 3.8) is 0 Å². The number of fused-ring (bicyclic) bond motifs is 7. The van der Waals surface area contributed by atoms with Gasteiger partial charge in [0.15, 0.2) is 0 Å². The van der Waals surface area contributed by atoms with E-state index < -0.39 is 11.4 Å². The van der Waals surface area contributed by atoms with Crippen LogP contribution in [-0.4, -0.2) is 11.1 Å². The molecule has 5 rings (SSSR count). The molecule has 0 aromatic rings. The maximum atomic E-state index is 12.5. The van der Waals surface area contributed by atoms with Crippen LogP contribution >= 0.6 is 0 Å². The van der Waals surface area contributed by atoms with E-state index in [-0.39, 0.29) is 5.41 Å². The second-order valence-electron chi connectivity index (χ2n) is 14.4. The number of carbonyl (C=O) groups is 1. The molecular formula is C30H48O2. The lowest BCUT2D eigenvalue weighted by atomic mass is 9.32. The van der Waals surface area contributed by atoms with Crippen molar-refractivity contribution in [2.24, 2.45) is 56.7 Å². The van der Waals surface area contributed by atoms with Crippen molar-refractivity contribution in [1.82, 2.24) is 0 Å². The van der Waals surface area contributed by atoms with Crippen LogP contribution in [0.1, 0.15) is 112 Å². The fourth-order valence-corrected chi connectivity index (χ4v) is 11.5. The summed E-state index contributed by atoms with van der Waals surface area (Å²) in [5.74, 6) is 2.78. The van der Waals surface area contributed by atoms with Gasteiger partial charge in [-0.1, -0.05) is 46.3 Å². The SMILES string of the molecule is C=C(C)C1CCC2(C)CCC3(C)C(CCC4C5(C)CCCC(C)(C(=O)O)C5CCC43C)C12. The molecular weight excluding hydrogens is 392 g/mol. The van der Waals surface area contributed by atoms with Crippen molar-refractivity contribution in [2.45, 2.75) is 112 Å². The molecule has 10 unspecified atom stereocenters. The lowest BCUT2D eigenvalue weighted by Gasteiger charge is -2.72. The molecule has 2 heteroatoms. The highest BCUT2D eigenvalue weighted by molar-refractivity contribution is 5.75. The molecule has 0 spiro atoms. The molecule has 0 amide bonds. The Hall–Kier alpha value is -0.790. The lowest BCUT2D eigenvalue weighted by molar-refractivity contribution is -0.238. The van der Waals surface area contributed by atoms with Crippen molar-refractivity contribution in [3.8, 4) is 0 Å². The molecule has 180 valence electrons. The van der Waals surface area contributed by atoms with Crippen LogP contribution < -0.4 is 0 Å². The summed E-state index contributed by atoms with van der Waals surface area (Å²) >= 11 is 0. The Labute approximate surface area is 197 Å². The van der Waals surface area contributed by atoms with Crippen LogP contribution in [0, 0.1) is 56.7 Å². The zero-order valence-corrected chi connectivity index (χ0v) is 21.7. The number of carboxylic acids is 1. The number of hydrogen-bond donors (Lipinski definition) is 1. The summed E-state index contributed by atoms with van der Waals surface area (Å²) in [6.45, 7) is 19.3. The van der Waals surface area contributed by atoms with Gasteiger partial charge in [-0.25, -0.2) is 0 Å². The van der Waals surface area contributed by atoms with E-state index in [0.29, 0.717) is 34.0 Å². The van der Waals surface area contributed by atoms with Crippen molar-refractivity contribution in [1.29, 1.82) is 0 Å². The van der Waals surface area contributed by atoms with E-state index >= 15 is 0 Å². The summed E-state index contributed by atoms with van der Waals surface area (Å²) in [6.07, 6.45) is 13.7. The summed E-state index contributed by atoms with van der Waals surface area (Å²) in [7, 11) is 0. The molecule has 5 fully saturated rings. The minimum atomic E-state index is -0.541. The van der Waals surface area contributed by atoms with Crippen molar-refractivity contribution in [3.05, 3.63) is 12.2 Å². The number of hydrogen-bond acceptors (Lipinski definition) is 1. The van der Waals surface area contributed by atoms with Gasteiger partial charge in [-0.3, -0.25) is 4.79 Å². The van der Waals surface area contributed by atoms with Gasteiger partial charge in [0.1, 0.15) is 0 Å². The van der Waals surface area contributed by atoms with Crippen LogP contribution in [0.4, 0.5) is 0 Å². The molecule has 5 saturated carbocycles. The van der Waals surface area contributed by atoms with Gasteiger partial charge < -0.3 is 5.11 Å². The minimum Gasteiger partial charge on any atom is -0.481 e. The molecule has 0 saturated heterocycles. The van der Waals surface area contributed by atoms with E-state index in [1.54, 1.807) is 0 Å². The fourth-order valence-electron chi connectivity index (χ4n) is 11.5. The Kier molecular flexibility index (Phi) is 4.94. The number of rotatable bonds is 2. The minimum absolute atomic E-state index is 0.177. The zero-order chi connectivity index (χ0) is 23.3. The smallest absolute Gasteiger partial charge is 0.309 e. The van der Waals surface area contributed by atoms with E-state index in [9.17, 15) is 9.90 Å². The Bertz CT molecular complexity index is 831. The third-order valence-corrected chi connectivity index (χ3v) is 13.4. The van der Waals surface area contributed by atoms with Gasteiger partial charge in [0.05, 0.1) is 5.41 Å². The highest BCUT2D eigenvalue weighted by Gasteiger charge is 2.70. The predicted molar refractivity (Wildman–Crippen MR) is 131 cm³/mol. The maximum Gasteiger partial charge on any atom is 0.309 e. The van der Waals surface area contributed by atoms with Gasteiger partial charge in [0.25, 0.3) is 0 Å². The summed E-state index contributed by atoms with van der Waals surface area (Å²) in [4.78, 5) is 12.5. The summed E-state index contributed by atoms with van der Waals surface area (Å²) in [5, 5.41) is 10.3. The fraction of sp³-hybridized carbons (Fsp3) is 0.900. The number of carboxylic acid groups (broad SMARTS) is 1. The standard InChI is InChI=1S/C30H48O2/c1-19(2)20-11-15-26(3)17-18-29(6)21(24(20)26)9-10-23-27(4)13-8-14-28(5,25(31)32)22(27)12-16-30(23,29)7/h20-24H,1,8-18H2,2-7H3,(H,31,32). The van der Waals surface area contributed by atoms with Gasteiger partial charge in [0, 0.05) is 0 Å². The molecule has 10 atom stereocenters. The predicted octanol–water partition coefficient (Wildman–Crippen LogP) is 8.12. The normalized spacial score (nSPS) is 57.0. The number of allylic oxidation sites excluding steroid dienone is 1. The number of aliphatic carboxylic acids is 1. The summed E-state index contributed by atoms with van der Waals surface area (Å²) in [6, 6.07) is 0. The molecule has 5 aliphatic carbocycles. The first-order chi connectivity index (χ1) is 14.8. The highest BCUT2D eigenvalue weighted by atomic mass is 16.4. The van der Waals surface area contributed by atoms with E-state index in [2.05, 4.69) is 48.1 Å². The van der Waals surface area contributed by atoms with Crippen LogP contribution in [0.5, 0.6) is 0 Å². The molecule has 5 aliphatic rings. The monoisotopic (exact) mass is 440 g/mol. The molecule has 0 bridgehead atoms. The van der Waals surface area contributed by atoms with Gasteiger partial charge >= 0.3 is 5.97 Å².